The van der Waals surface area contributed by atoms with E-state index in [4.69, 9.17) is 27.1 Å². The third-order valence-electron chi connectivity index (χ3n) is 5.11. The second kappa shape index (κ2) is 11.3. The highest BCUT2D eigenvalue weighted by molar-refractivity contribution is 14.0. The molecule has 2 heterocycles. The van der Waals surface area contributed by atoms with Crippen molar-refractivity contribution in [3.8, 4) is 0 Å². The quantitative estimate of drug-likeness (QED) is 0.397. The summed E-state index contributed by atoms with van der Waals surface area (Å²) in [6.07, 6.45) is 4.99. The molecule has 0 spiro atoms. The Morgan fingerprint density at radius 1 is 1.08 bits per heavy atom. The molecule has 26 heavy (non-hydrogen) atoms. The maximum Gasteiger partial charge on any atom is 0.191 e. The van der Waals surface area contributed by atoms with Crippen molar-refractivity contribution in [1.82, 2.24) is 9.80 Å². The molecule has 0 aromatic heterocycles. The van der Waals surface area contributed by atoms with Crippen molar-refractivity contribution in [3.63, 3.8) is 0 Å². The first-order valence-corrected chi connectivity index (χ1v) is 9.74. The van der Waals surface area contributed by atoms with E-state index >= 15 is 0 Å². The predicted octanol–water partition coefficient (Wildman–Crippen LogP) is 3.52. The SMILES string of the molecule is I.NC(=NCC(c1ccccc1Cl)N1CCOCC1)N1CCCCCC1. The molecule has 2 fully saturated rings. The Morgan fingerprint density at radius 2 is 1.73 bits per heavy atom. The smallest absolute Gasteiger partial charge is 0.191 e. The normalized spacial score (nSPS) is 21.0. The summed E-state index contributed by atoms with van der Waals surface area (Å²) < 4.78 is 5.51. The van der Waals surface area contributed by atoms with Crippen molar-refractivity contribution in [2.45, 2.75) is 31.7 Å². The molecular formula is C19H30ClIN4O. The van der Waals surface area contributed by atoms with Gasteiger partial charge >= 0.3 is 0 Å². The van der Waals surface area contributed by atoms with E-state index in [9.17, 15) is 0 Å². The summed E-state index contributed by atoms with van der Waals surface area (Å²) in [7, 11) is 0. The van der Waals surface area contributed by atoms with Crippen LogP contribution in [0.15, 0.2) is 29.3 Å². The fraction of sp³-hybridized carbons (Fsp3) is 0.632. The van der Waals surface area contributed by atoms with Gasteiger partial charge in [-0.25, -0.2) is 0 Å². The number of benzene rings is 1. The van der Waals surface area contributed by atoms with Crippen LogP contribution >= 0.6 is 35.6 Å². The molecule has 5 nitrogen and oxygen atoms in total. The van der Waals surface area contributed by atoms with Crippen LogP contribution in [0.2, 0.25) is 5.02 Å². The van der Waals surface area contributed by atoms with E-state index in [0.717, 1.165) is 50.0 Å². The molecule has 2 N–H and O–H groups in total. The Bertz CT molecular complexity index is 572. The van der Waals surface area contributed by atoms with E-state index < -0.39 is 0 Å². The lowest BCUT2D eigenvalue weighted by Crippen LogP contribution is -2.42. The number of aliphatic imine (C=N–C) groups is 1. The number of morpholine rings is 1. The van der Waals surface area contributed by atoms with Gasteiger partial charge in [-0.05, 0) is 24.5 Å². The van der Waals surface area contributed by atoms with E-state index in [2.05, 4.69) is 15.9 Å². The molecule has 1 unspecified atom stereocenters. The largest absolute Gasteiger partial charge is 0.379 e. The van der Waals surface area contributed by atoms with E-state index in [1.165, 1.54) is 25.7 Å². The highest BCUT2D eigenvalue weighted by Gasteiger charge is 2.24. The first kappa shape index (κ1) is 21.7. The summed E-state index contributed by atoms with van der Waals surface area (Å²) in [5.74, 6) is 0.673. The van der Waals surface area contributed by atoms with E-state index in [0.29, 0.717) is 12.5 Å². The highest BCUT2D eigenvalue weighted by Crippen LogP contribution is 2.28. The van der Waals surface area contributed by atoms with Crippen molar-refractivity contribution in [1.29, 1.82) is 0 Å². The summed E-state index contributed by atoms with van der Waals surface area (Å²) in [5.41, 5.74) is 7.44. The number of rotatable bonds is 4. The Kier molecular flexibility index (Phi) is 9.45. The highest BCUT2D eigenvalue weighted by atomic mass is 127. The van der Waals surface area contributed by atoms with Crippen molar-refractivity contribution >= 4 is 41.5 Å². The summed E-state index contributed by atoms with van der Waals surface area (Å²) >= 11 is 6.48. The number of hydrogen-bond acceptors (Lipinski definition) is 3. The van der Waals surface area contributed by atoms with Crippen LogP contribution in [0.25, 0.3) is 0 Å². The number of likely N-dealkylation sites (tertiary alicyclic amines) is 1. The van der Waals surface area contributed by atoms with Crippen LogP contribution in [0.1, 0.15) is 37.3 Å². The second-order valence-electron chi connectivity index (χ2n) is 6.79. The number of guanidine groups is 1. The van der Waals surface area contributed by atoms with Crippen molar-refractivity contribution in [2.24, 2.45) is 10.7 Å². The molecule has 0 amide bonds. The molecule has 1 aromatic rings. The van der Waals surface area contributed by atoms with Gasteiger partial charge in [-0.15, -0.1) is 24.0 Å². The zero-order chi connectivity index (χ0) is 17.5. The molecule has 7 heteroatoms. The Hall–Kier alpha value is -0.570. The molecule has 1 atom stereocenters. The molecule has 2 saturated heterocycles. The first-order chi connectivity index (χ1) is 12.3. The van der Waals surface area contributed by atoms with Crippen LogP contribution in [0.5, 0.6) is 0 Å². The average molecular weight is 493 g/mol. The Morgan fingerprint density at radius 3 is 2.38 bits per heavy atom. The standard InChI is InChI=1S/C19H29ClN4O.HI/c20-17-8-4-3-7-16(17)18(23-11-13-25-14-12-23)15-22-19(21)24-9-5-1-2-6-10-24;/h3-4,7-8,18H,1-2,5-6,9-15H2,(H2,21,22);1H. The van der Waals surface area contributed by atoms with Gasteiger partial charge in [-0.3, -0.25) is 9.89 Å². The molecule has 2 aliphatic heterocycles. The third kappa shape index (κ3) is 5.97. The lowest BCUT2D eigenvalue weighted by atomic mass is 10.0. The zero-order valence-electron chi connectivity index (χ0n) is 15.3. The fourth-order valence-corrected chi connectivity index (χ4v) is 3.89. The Labute approximate surface area is 178 Å². The fourth-order valence-electron chi connectivity index (χ4n) is 3.62. The number of halogens is 2. The predicted molar refractivity (Wildman–Crippen MR) is 119 cm³/mol. The molecule has 0 saturated carbocycles. The molecule has 1 aromatic carbocycles. The summed E-state index contributed by atoms with van der Waals surface area (Å²) in [4.78, 5) is 9.40. The summed E-state index contributed by atoms with van der Waals surface area (Å²) in [6.45, 7) is 5.97. The third-order valence-corrected chi connectivity index (χ3v) is 5.45. The van der Waals surface area contributed by atoms with Gasteiger partial charge in [-0.1, -0.05) is 42.6 Å². The lowest BCUT2D eigenvalue weighted by Gasteiger charge is -2.34. The van der Waals surface area contributed by atoms with Crippen molar-refractivity contribution in [3.05, 3.63) is 34.9 Å². The minimum absolute atomic E-state index is 0. The van der Waals surface area contributed by atoms with Crippen LogP contribution < -0.4 is 5.73 Å². The molecule has 0 bridgehead atoms. The van der Waals surface area contributed by atoms with Gasteiger partial charge in [0.1, 0.15) is 0 Å². The first-order valence-electron chi connectivity index (χ1n) is 9.37. The van der Waals surface area contributed by atoms with Crippen LogP contribution in [0.3, 0.4) is 0 Å². The van der Waals surface area contributed by atoms with Crippen LogP contribution in [0.4, 0.5) is 0 Å². The molecule has 3 rings (SSSR count). The van der Waals surface area contributed by atoms with Gasteiger partial charge in [0.15, 0.2) is 5.96 Å². The number of nitrogens with two attached hydrogens (primary N) is 1. The van der Waals surface area contributed by atoms with Crippen molar-refractivity contribution in [2.75, 3.05) is 45.9 Å². The maximum absolute atomic E-state index is 6.48. The van der Waals surface area contributed by atoms with Crippen LogP contribution in [-0.4, -0.2) is 61.7 Å². The molecule has 146 valence electrons. The van der Waals surface area contributed by atoms with E-state index in [1.807, 2.05) is 18.2 Å². The van der Waals surface area contributed by atoms with Gasteiger partial charge in [0.2, 0.25) is 0 Å². The number of nitrogens with zero attached hydrogens (tertiary/aromatic N) is 3. The van der Waals surface area contributed by atoms with Gasteiger partial charge in [0.05, 0.1) is 25.8 Å². The molecule has 2 aliphatic rings. The van der Waals surface area contributed by atoms with Crippen LogP contribution in [-0.2, 0) is 4.74 Å². The van der Waals surface area contributed by atoms with Gasteiger partial charge < -0.3 is 15.4 Å². The summed E-state index contributed by atoms with van der Waals surface area (Å²) in [5, 5.41) is 0.794. The second-order valence-corrected chi connectivity index (χ2v) is 7.19. The van der Waals surface area contributed by atoms with Gasteiger partial charge in [-0.2, -0.15) is 0 Å². The number of ether oxygens (including phenoxy) is 1. The summed E-state index contributed by atoms with van der Waals surface area (Å²) in [6, 6.07) is 8.20. The van der Waals surface area contributed by atoms with Crippen LogP contribution in [0, 0.1) is 0 Å². The van der Waals surface area contributed by atoms with E-state index in [1.54, 1.807) is 0 Å². The molecule has 0 aliphatic carbocycles. The van der Waals surface area contributed by atoms with Gasteiger partial charge in [0.25, 0.3) is 0 Å². The van der Waals surface area contributed by atoms with Crippen molar-refractivity contribution < 1.29 is 4.74 Å². The van der Waals surface area contributed by atoms with E-state index in [-0.39, 0.29) is 30.0 Å². The molecule has 0 radical (unpaired) electrons. The molecular weight excluding hydrogens is 463 g/mol. The maximum atomic E-state index is 6.48. The Balaban J connectivity index is 0.00000243. The lowest BCUT2D eigenvalue weighted by molar-refractivity contribution is 0.0179. The minimum Gasteiger partial charge on any atom is -0.379 e. The minimum atomic E-state index is 0. The van der Waals surface area contributed by atoms with Gasteiger partial charge in [0, 0.05) is 31.2 Å². The zero-order valence-corrected chi connectivity index (χ0v) is 18.4. The number of hydrogen-bond donors (Lipinski definition) is 1. The monoisotopic (exact) mass is 492 g/mol. The topological polar surface area (TPSA) is 54.1 Å². The average Bonchev–Trinajstić information content (AvgIpc) is 2.93.